The maximum absolute atomic E-state index is 13.6. The number of fused-ring (bicyclic) bond motifs is 8. The molecule has 0 aromatic carbocycles. The van der Waals surface area contributed by atoms with Crippen molar-refractivity contribution in [2.75, 3.05) is 26.0 Å². The molecule has 3 aromatic heterocycles. The fourth-order valence-electron chi connectivity index (χ4n) is 8.56. The van der Waals surface area contributed by atoms with Crippen molar-refractivity contribution in [3.05, 3.63) is 75.4 Å². The Morgan fingerprint density at radius 2 is 1.77 bits per heavy atom. The van der Waals surface area contributed by atoms with E-state index >= 15 is 0 Å². The van der Waals surface area contributed by atoms with E-state index in [2.05, 4.69) is 56.4 Å². The molecular weight excluding hydrogens is 747 g/mol. The number of hydrogen-bond donors (Lipinski definition) is 6. The fraction of sp³-hybridized carbons (Fsp3) is 0.488. The third-order valence-corrected chi connectivity index (χ3v) is 13.4. The molecule has 0 radical (unpaired) electrons. The van der Waals surface area contributed by atoms with E-state index in [9.17, 15) is 30.0 Å². The summed E-state index contributed by atoms with van der Waals surface area (Å²) < 4.78 is 11.4. The van der Waals surface area contributed by atoms with Crippen LogP contribution in [0.4, 0.5) is 0 Å². The first-order chi connectivity index (χ1) is 27.3. The zero-order valence-corrected chi connectivity index (χ0v) is 34.2. The second kappa shape index (κ2) is 16.5. The van der Waals surface area contributed by atoms with Gasteiger partial charge in [0.25, 0.3) is 0 Å². The zero-order valence-electron chi connectivity index (χ0n) is 33.4. The monoisotopic (exact) mass is 799 g/mol. The first kappa shape index (κ1) is 40.9. The molecular formula is C43H53N5O8S. The molecule has 0 saturated carbocycles. The van der Waals surface area contributed by atoms with Gasteiger partial charge in [-0.15, -0.1) is 11.8 Å². The van der Waals surface area contributed by atoms with Crippen LogP contribution in [0.25, 0.3) is 39.3 Å². The maximum Gasteiger partial charge on any atom is 0.341 e. The molecule has 6 N–H and O–H groups in total. The number of carbonyl (C=O) groups excluding carboxylic acids is 2. The van der Waals surface area contributed by atoms with Gasteiger partial charge in [0.15, 0.2) is 0 Å². The number of allylic oxidation sites excluding steroid dienone is 1. The Kier molecular flexibility index (Phi) is 11.8. The number of amides is 1. The molecule has 8 bridgehead atoms. The van der Waals surface area contributed by atoms with E-state index in [0.29, 0.717) is 42.1 Å². The quantitative estimate of drug-likeness (QED) is 0.111. The summed E-state index contributed by atoms with van der Waals surface area (Å²) in [6.07, 6.45) is -1.04. The number of H-pyrrole nitrogens is 2. The molecule has 1 fully saturated rings. The number of esters is 1. The molecule has 14 heteroatoms. The van der Waals surface area contributed by atoms with Crippen LogP contribution < -0.4 is 0 Å². The van der Waals surface area contributed by atoms with Crippen molar-refractivity contribution in [3.63, 3.8) is 0 Å². The van der Waals surface area contributed by atoms with Gasteiger partial charge in [0, 0.05) is 70.7 Å². The van der Waals surface area contributed by atoms with E-state index in [1.54, 1.807) is 11.9 Å². The van der Waals surface area contributed by atoms with Gasteiger partial charge in [-0.05, 0) is 86.2 Å². The van der Waals surface area contributed by atoms with Gasteiger partial charge >= 0.3 is 5.97 Å². The van der Waals surface area contributed by atoms with Gasteiger partial charge in [0.2, 0.25) is 5.91 Å². The number of nitrogens with zero attached hydrogens (tertiary/aromatic N) is 3. The lowest BCUT2D eigenvalue weighted by molar-refractivity contribution is -0.205. The number of rotatable bonds is 11. The smallest absolute Gasteiger partial charge is 0.341 e. The van der Waals surface area contributed by atoms with Gasteiger partial charge in [0.1, 0.15) is 36.5 Å². The van der Waals surface area contributed by atoms with Crippen molar-refractivity contribution < 1.29 is 39.5 Å². The Morgan fingerprint density at radius 1 is 1.04 bits per heavy atom. The summed E-state index contributed by atoms with van der Waals surface area (Å²) in [7, 11) is 1.76. The van der Waals surface area contributed by atoms with Gasteiger partial charge in [-0.2, -0.15) is 0 Å². The summed E-state index contributed by atoms with van der Waals surface area (Å²) in [5.41, 5.74) is 12.2. The minimum atomic E-state index is -1.42. The van der Waals surface area contributed by atoms with Gasteiger partial charge < -0.3 is 44.8 Å². The topological polar surface area (TPSA) is 194 Å². The van der Waals surface area contributed by atoms with E-state index in [0.717, 1.165) is 67.7 Å². The molecule has 0 spiro atoms. The number of thioether (sulfide) groups is 1. The highest BCUT2D eigenvalue weighted by molar-refractivity contribution is 7.99. The summed E-state index contributed by atoms with van der Waals surface area (Å²) in [6.45, 7) is 14.5. The number of aromatic amines is 2. The Morgan fingerprint density at radius 3 is 2.49 bits per heavy atom. The average Bonchev–Trinajstić information content (AvgIpc) is 3.88. The molecule has 7 rings (SSSR count). The standard InChI is InChI=1S/C43H53N5O8S/c1-8-24-20(3)28-15-30-22(5)26(11-12-35(50)48(7)13-10-14-57-43-41(53)40(52)39(51)34(18-49)56-43)37(46-30)27-19-55-42(54)36-23(6)31(47-38(27)36)17-33-25(9-2)21(4)29(45-33)16-32(24)44-28/h8,15-17,22,26,34,39-41,43-45,49,51-53H,1,9-14,18-19H2,2-7H3/t22-,26-,34+,39+,40-,41+,43-/m0/s1. The second-order valence-electron chi connectivity index (χ2n) is 15.5. The summed E-state index contributed by atoms with van der Waals surface area (Å²) >= 11 is 1.27. The molecule has 4 aliphatic heterocycles. The highest BCUT2D eigenvalue weighted by atomic mass is 32.2. The third kappa shape index (κ3) is 7.47. The van der Waals surface area contributed by atoms with Crippen molar-refractivity contribution >= 4 is 62.9 Å². The molecule has 0 unspecified atom stereocenters. The minimum Gasteiger partial charge on any atom is -0.457 e. The number of hydrogen-bond acceptors (Lipinski definition) is 11. The lowest BCUT2D eigenvalue weighted by Crippen LogP contribution is -2.57. The number of aromatic nitrogens is 4. The third-order valence-electron chi connectivity index (χ3n) is 12.1. The molecule has 1 saturated heterocycles. The molecule has 304 valence electrons. The predicted molar refractivity (Wildman–Crippen MR) is 221 cm³/mol. The van der Waals surface area contributed by atoms with Crippen LogP contribution in [0.1, 0.15) is 102 Å². The second-order valence-corrected chi connectivity index (χ2v) is 16.7. The van der Waals surface area contributed by atoms with Crippen molar-refractivity contribution in [1.82, 2.24) is 24.8 Å². The van der Waals surface area contributed by atoms with E-state index < -0.39 is 42.4 Å². The Balaban J connectivity index is 1.21. The first-order valence-corrected chi connectivity index (χ1v) is 20.8. The lowest BCUT2D eigenvalue weighted by Gasteiger charge is -2.39. The zero-order chi connectivity index (χ0) is 40.9. The highest BCUT2D eigenvalue weighted by Crippen LogP contribution is 2.45. The summed E-state index contributed by atoms with van der Waals surface area (Å²) in [5.74, 6) is -0.142. The first-order valence-electron chi connectivity index (χ1n) is 19.7. The van der Waals surface area contributed by atoms with Gasteiger partial charge in [-0.3, -0.25) is 9.78 Å². The van der Waals surface area contributed by atoms with Crippen LogP contribution in [0.2, 0.25) is 0 Å². The number of carbonyl (C=O) groups is 2. The van der Waals surface area contributed by atoms with Crippen molar-refractivity contribution in [1.29, 1.82) is 0 Å². The molecule has 7 heterocycles. The summed E-state index contributed by atoms with van der Waals surface area (Å²) in [6, 6.07) is 6.22. The number of aryl methyl sites for hydroxylation is 3. The summed E-state index contributed by atoms with van der Waals surface area (Å²) in [5, 5.41) is 40.1. The molecule has 3 aromatic rings. The lowest BCUT2D eigenvalue weighted by atomic mass is 9.84. The molecule has 7 atom stereocenters. The van der Waals surface area contributed by atoms with Crippen LogP contribution in [0.15, 0.2) is 24.8 Å². The number of aliphatic hydroxyl groups is 4. The minimum absolute atomic E-state index is 0.0293. The van der Waals surface area contributed by atoms with Crippen molar-refractivity contribution in [2.45, 2.75) is 109 Å². The molecule has 13 nitrogen and oxygen atoms in total. The largest absolute Gasteiger partial charge is 0.457 e. The molecule has 4 aliphatic rings. The predicted octanol–water partition coefficient (Wildman–Crippen LogP) is 5.17. The van der Waals surface area contributed by atoms with E-state index in [4.69, 9.17) is 19.4 Å². The summed E-state index contributed by atoms with van der Waals surface area (Å²) in [4.78, 5) is 46.3. The number of nitrogens with one attached hydrogen (secondary N) is 2. The van der Waals surface area contributed by atoms with Crippen molar-refractivity contribution in [3.8, 4) is 0 Å². The average molecular weight is 800 g/mol. The Hall–Kier alpha value is -4.31. The van der Waals surface area contributed by atoms with Gasteiger partial charge in [0.05, 0.1) is 29.3 Å². The molecule has 1 amide bonds. The van der Waals surface area contributed by atoms with Gasteiger partial charge in [-0.25, -0.2) is 9.78 Å². The molecule has 57 heavy (non-hydrogen) atoms. The fourth-order valence-corrected chi connectivity index (χ4v) is 9.67. The van der Waals surface area contributed by atoms with E-state index in [1.165, 1.54) is 17.3 Å². The van der Waals surface area contributed by atoms with E-state index in [1.807, 2.05) is 19.1 Å². The van der Waals surface area contributed by atoms with Crippen molar-refractivity contribution in [2.24, 2.45) is 0 Å². The van der Waals surface area contributed by atoms with Crippen LogP contribution in [-0.4, -0.2) is 113 Å². The molecule has 0 aliphatic carbocycles. The van der Waals surface area contributed by atoms with Crippen LogP contribution >= 0.6 is 11.8 Å². The highest BCUT2D eigenvalue weighted by Gasteiger charge is 2.43. The van der Waals surface area contributed by atoms with Crippen LogP contribution in [0, 0.1) is 13.8 Å². The van der Waals surface area contributed by atoms with Gasteiger partial charge in [-0.1, -0.05) is 26.5 Å². The number of cyclic esters (lactones) is 1. The Labute approximate surface area is 336 Å². The van der Waals surface area contributed by atoms with Crippen LogP contribution in [0.5, 0.6) is 0 Å². The van der Waals surface area contributed by atoms with E-state index in [-0.39, 0.29) is 30.8 Å². The number of ether oxygens (including phenoxy) is 2. The van der Waals surface area contributed by atoms with Crippen LogP contribution in [-0.2, 0) is 32.1 Å². The maximum atomic E-state index is 13.6. The normalized spacial score (nSPS) is 24.5. The number of aliphatic hydroxyl groups excluding tert-OH is 4. The Bertz CT molecular complexity index is 2300. The van der Waals surface area contributed by atoms with Crippen LogP contribution in [0.3, 0.4) is 0 Å². The SMILES string of the molecule is C=Cc1c(C)c2cc3nc(c4c5nc(cc6[nH]c(cc1[nH]2)c(C)c6CC)C(C)=C5C(=O)OC4)[C@@H](CCC(=O)N(C)CCCS[C@@H]1O[C@H](CO)[C@@H](O)[C@H](O)[C@H]1O)[C@@H]3C.